The summed E-state index contributed by atoms with van der Waals surface area (Å²) in [5.41, 5.74) is -1.69. The number of fused-ring (bicyclic) bond motifs is 1. The summed E-state index contributed by atoms with van der Waals surface area (Å²) < 4.78 is 29.2. The highest BCUT2D eigenvalue weighted by Gasteiger charge is 2.32. The molecule has 7 heteroatoms. The van der Waals surface area contributed by atoms with Crippen molar-refractivity contribution >= 4 is 23.2 Å². The summed E-state index contributed by atoms with van der Waals surface area (Å²) in [7, 11) is 0. The van der Waals surface area contributed by atoms with Gasteiger partial charge in [0, 0.05) is 11.7 Å². The van der Waals surface area contributed by atoms with Crippen molar-refractivity contribution in [2.75, 3.05) is 0 Å². The van der Waals surface area contributed by atoms with Crippen LogP contribution >= 0.6 is 0 Å². The zero-order chi connectivity index (χ0) is 16.9. The summed E-state index contributed by atoms with van der Waals surface area (Å²) in [5, 5.41) is 9.08. The summed E-state index contributed by atoms with van der Waals surface area (Å²) in [5.74, 6) is -4.09. The van der Waals surface area contributed by atoms with Gasteiger partial charge < -0.3 is 9.67 Å². The van der Waals surface area contributed by atoms with Crippen LogP contribution in [0.3, 0.4) is 0 Å². The van der Waals surface area contributed by atoms with Gasteiger partial charge in [-0.1, -0.05) is 6.92 Å². The molecule has 0 bridgehead atoms. The molecule has 0 spiro atoms. The van der Waals surface area contributed by atoms with Crippen molar-refractivity contribution < 1.29 is 23.5 Å². The highest BCUT2D eigenvalue weighted by Crippen LogP contribution is 2.40. The Hall–Kier alpha value is -2.57. The van der Waals surface area contributed by atoms with Gasteiger partial charge >= 0.3 is 5.97 Å². The smallest absolute Gasteiger partial charge is 0.341 e. The summed E-state index contributed by atoms with van der Waals surface area (Å²) in [4.78, 5) is 35.3. The first-order valence-corrected chi connectivity index (χ1v) is 7.19. The van der Waals surface area contributed by atoms with Gasteiger partial charge in [-0.05, 0) is 25.3 Å². The fraction of sp³-hybridized carbons (Fsp3) is 0.312. The standard InChI is InChI=1S/C16H13F2NO4/c1-2-11-12(16(22)23)15(21)8-5-10(17)13(18)9(6-20)14(8)19(11)7-3-4-7/h5-7H,2-4H2,1H3,(H,22,23). The molecule has 1 fully saturated rings. The van der Waals surface area contributed by atoms with Gasteiger partial charge in [0.1, 0.15) is 5.56 Å². The Morgan fingerprint density at radius 2 is 2.09 bits per heavy atom. The van der Waals surface area contributed by atoms with Crippen LogP contribution < -0.4 is 5.43 Å². The van der Waals surface area contributed by atoms with Crippen LogP contribution in [0.15, 0.2) is 10.9 Å². The van der Waals surface area contributed by atoms with Crippen molar-refractivity contribution in [1.82, 2.24) is 4.57 Å². The zero-order valence-electron chi connectivity index (χ0n) is 12.2. The number of benzene rings is 1. The predicted octanol–water partition coefficient (Wildman–Crippen LogP) is 2.69. The second-order valence-corrected chi connectivity index (χ2v) is 5.51. The normalized spacial score (nSPS) is 14.2. The highest BCUT2D eigenvalue weighted by atomic mass is 19.2. The van der Waals surface area contributed by atoms with Crippen LogP contribution in [0.4, 0.5) is 8.78 Å². The Balaban J connectivity index is 2.64. The number of carbonyl (C=O) groups is 2. The Kier molecular flexibility index (Phi) is 3.50. The van der Waals surface area contributed by atoms with Crippen LogP contribution in [-0.4, -0.2) is 21.9 Å². The minimum atomic E-state index is -1.42. The van der Waals surface area contributed by atoms with Crippen LogP contribution in [0.2, 0.25) is 0 Å². The van der Waals surface area contributed by atoms with E-state index in [0.29, 0.717) is 6.07 Å². The molecular formula is C16H13F2NO4. The van der Waals surface area contributed by atoms with Gasteiger partial charge in [-0.15, -0.1) is 0 Å². The molecule has 0 atom stereocenters. The number of carbonyl (C=O) groups excluding carboxylic acids is 1. The van der Waals surface area contributed by atoms with Crippen LogP contribution in [-0.2, 0) is 6.42 Å². The number of hydrogen-bond acceptors (Lipinski definition) is 3. The summed E-state index contributed by atoms with van der Waals surface area (Å²) in [6.45, 7) is 1.67. The molecule has 3 rings (SSSR count). The lowest BCUT2D eigenvalue weighted by Gasteiger charge is -2.19. The fourth-order valence-electron chi connectivity index (χ4n) is 3.00. The lowest BCUT2D eigenvalue weighted by molar-refractivity contribution is 0.0693. The van der Waals surface area contributed by atoms with Crippen molar-refractivity contribution in [2.24, 2.45) is 0 Å². The Morgan fingerprint density at radius 3 is 2.57 bits per heavy atom. The number of carboxylic acids is 1. The first-order chi connectivity index (χ1) is 10.9. The lowest BCUT2D eigenvalue weighted by atomic mass is 10.0. The molecule has 1 aliphatic rings. The number of nitrogens with zero attached hydrogens (tertiary/aromatic N) is 1. The average Bonchev–Trinajstić information content (AvgIpc) is 3.33. The van der Waals surface area contributed by atoms with Gasteiger partial charge in [0.15, 0.2) is 17.9 Å². The Morgan fingerprint density at radius 1 is 1.43 bits per heavy atom. The van der Waals surface area contributed by atoms with E-state index in [1.54, 1.807) is 6.92 Å². The maximum atomic E-state index is 14.0. The van der Waals surface area contributed by atoms with E-state index >= 15 is 0 Å². The second-order valence-electron chi connectivity index (χ2n) is 5.51. The highest BCUT2D eigenvalue weighted by molar-refractivity contribution is 6.00. The molecule has 5 nitrogen and oxygen atoms in total. The van der Waals surface area contributed by atoms with Crippen LogP contribution in [0, 0.1) is 11.6 Å². The van der Waals surface area contributed by atoms with E-state index in [0.717, 1.165) is 12.8 Å². The van der Waals surface area contributed by atoms with Gasteiger partial charge in [0.05, 0.1) is 16.5 Å². The van der Waals surface area contributed by atoms with Crippen molar-refractivity contribution in [2.45, 2.75) is 32.2 Å². The molecule has 1 N–H and O–H groups in total. The molecular weight excluding hydrogens is 308 g/mol. The lowest BCUT2D eigenvalue weighted by Crippen LogP contribution is -2.25. The quantitative estimate of drug-likeness (QED) is 0.879. The van der Waals surface area contributed by atoms with Gasteiger partial charge in [-0.25, -0.2) is 13.6 Å². The first kappa shape index (κ1) is 15.3. The minimum Gasteiger partial charge on any atom is -0.477 e. The van der Waals surface area contributed by atoms with Gasteiger partial charge in [0.25, 0.3) is 0 Å². The van der Waals surface area contributed by atoms with Crippen LogP contribution in [0.1, 0.15) is 52.2 Å². The van der Waals surface area contributed by atoms with Gasteiger partial charge in [-0.2, -0.15) is 0 Å². The third kappa shape index (κ3) is 2.15. The molecule has 0 saturated heterocycles. The van der Waals surface area contributed by atoms with Crippen molar-refractivity contribution in [3.63, 3.8) is 0 Å². The number of hydrogen-bond donors (Lipinski definition) is 1. The third-order valence-corrected chi connectivity index (χ3v) is 4.10. The first-order valence-electron chi connectivity index (χ1n) is 7.19. The van der Waals surface area contributed by atoms with E-state index in [9.17, 15) is 28.3 Å². The van der Waals surface area contributed by atoms with E-state index in [2.05, 4.69) is 0 Å². The number of aldehydes is 1. The van der Waals surface area contributed by atoms with Crippen molar-refractivity contribution in [3.8, 4) is 0 Å². The maximum Gasteiger partial charge on any atom is 0.341 e. The zero-order valence-corrected chi connectivity index (χ0v) is 12.2. The summed E-state index contributed by atoms with van der Waals surface area (Å²) in [6.07, 6.45) is 1.84. The van der Waals surface area contributed by atoms with E-state index < -0.39 is 34.2 Å². The molecule has 1 heterocycles. The van der Waals surface area contributed by atoms with Crippen LogP contribution in [0.25, 0.3) is 10.9 Å². The minimum absolute atomic E-state index is 0.0201. The van der Waals surface area contributed by atoms with E-state index in [1.165, 1.54) is 4.57 Å². The van der Waals surface area contributed by atoms with Gasteiger partial charge in [0.2, 0.25) is 5.43 Å². The predicted molar refractivity (Wildman–Crippen MR) is 78.1 cm³/mol. The monoisotopic (exact) mass is 321 g/mol. The summed E-state index contributed by atoms with van der Waals surface area (Å²) >= 11 is 0. The Bertz CT molecular complexity index is 913. The Labute approximate surface area is 129 Å². The molecule has 0 radical (unpaired) electrons. The molecule has 1 saturated carbocycles. The van der Waals surface area contributed by atoms with E-state index in [4.69, 9.17) is 0 Å². The SMILES string of the molecule is CCc1c(C(=O)O)c(=O)c2cc(F)c(F)c(C=O)c2n1C1CC1. The van der Waals surface area contributed by atoms with E-state index in [-0.39, 0.29) is 35.3 Å². The second kappa shape index (κ2) is 5.26. The number of halogens is 2. The molecule has 0 amide bonds. The number of pyridine rings is 1. The number of carboxylic acid groups (broad SMARTS) is 1. The topological polar surface area (TPSA) is 76.4 Å². The van der Waals surface area contributed by atoms with Crippen molar-refractivity contribution in [1.29, 1.82) is 0 Å². The molecule has 1 aromatic carbocycles. The van der Waals surface area contributed by atoms with E-state index in [1.807, 2.05) is 0 Å². The summed E-state index contributed by atoms with van der Waals surface area (Å²) in [6, 6.07) is 0.555. The maximum absolute atomic E-state index is 14.0. The number of rotatable bonds is 4. The molecule has 120 valence electrons. The van der Waals surface area contributed by atoms with Gasteiger partial charge in [-0.3, -0.25) is 9.59 Å². The fourth-order valence-corrected chi connectivity index (χ4v) is 3.00. The molecule has 0 unspecified atom stereocenters. The molecule has 23 heavy (non-hydrogen) atoms. The van der Waals surface area contributed by atoms with Crippen molar-refractivity contribution in [3.05, 3.63) is 44.7 Å². The largest absolute Gasteiger partial charge is 0.477 e. The van der Waals surface area contributed by atoms with Crippen LogP contribution in [0.5, 0.6) is 0 Å². The number of aromatic nitrogens is 1. The molecule has 1 aromatic heterocycles. The average molecular weight is 321 g/mol. The number of aromatic carboxylic acids is 1. The molecule has 1 aliphatic carbocycles. The third-order valence-electron chi connectivity index (χ3n) is 4.10. The molecule has 0 aliphatic heterocycles. The molecule has 2 aromatic rings.